The van der Waals surface area contributed by atoms with Crippen LogP contribution in [0.4, 0.5) is 30.6 Å². The molecule has 0 radical (unpaired) electrons. The number of halogens is 3. The highest BCUT2D eigenvalue weighted by Crippen LogP contribution is 2.38. The minimum absolute atomic E-state index is 0.0266. The molecule has 12 heteroatoms. The summed E-state index contributed by atoms with van der Waals surface area (Å²) in [5.74, 6) is -0.165. The van der Waals surface area contributed by atoms with Gasteiger partial charge >= 0.3 is 6.18 Å². The Bertz CT molecular complexity index is 1360. The van der Waals surface area contributed by atoms with Gasteiger partial charge in [0.05, 0.1) is 38.1 Å². The number of nitrogens with one attached hydrogen (secondary N) is 3. The predicted molar refractivity (Wildman–Crippen MR) is 144 cm³/mol. The van der Waals surface area contributed by atoms with Gasteiger partial charge in [-0.3, -0.25) is 9.69 Å². The van der Waals surface area contributed by atoms with E-state index < -0.39 is 23.8 Å². The zero-order valence-electron chi connectivity index (χ0n) is 22.2. The third kappa shape index (κ3) is 6.28. The number of anilines is 3. The Labute approximate surface area is 230 Å². The third-order valence-electron chi connectivity index (χ3n) is 7.03. The molecule has 1 aliphatic heterocycles. The molecule has 0 bridgehead atoms. The Balaban J connectivity index is 1.40. The summed E-state index contributed by atoms with van der Waals surface area (Å²) in [4.78, 5) is 22.4. The van der Waals surface area contributed by atoms with E-state index in [4.69, 9.17) is 9.47 Å². The summed E-state index contributed by atoms with van der Waals surface area (Å²) in [6, 6.07) is 12.0. The van der Waals surface area contributed by atoms with E-state index in [9.17, 15) is 18.0 Å². The van der Waals surface area contributed by atoms with Crippen LogP contribution in [0.5, 0.6) is 5.75 Å². The number of hydrogen-bond acceptors (Lipinski definition) is 8. The molecule has 1 aliphatic carbocycles. The smallest absolute Gasteiger partial charge is 0.421 e. The van der Waals surface area contributed by atoms with Crippen molar-refractivity contribution in [2.75, 3.05) is 44.0 Å². The van der Waals surface area contributed by atoms with Crippen molar-refractivity contribution < 1.29 is 27.4 Å². The summed E-state index contributed by atoms with van der Waals surface area (Å²) in [6.45, 7) is 5.17. The van der Waals surface area contributed by atoms with Gasteiger partial charge in [-0.05, 0) is 35.2 Å². The van der Waals surface area contributed by atoms with Crippen molar-refractivity contribution >= 4 is 23.4 Å². The lowest BCUT2D eigenvalue weighted by atomic mass is 10.1. The predicted octanol–water partition coefficient (Wildman–Crippen LogP) is 4.29. The molecular formula is C28H31F3N6O3. The van der Waals surface area contributed by atoms with E-state index in [1.165, 1.54) is 14.0 Å². The number of benzene rings is 2. The van der Waals surface area contributed by atoms with Crippen LogP contribution >= 0.6 is 0 Å². The van der Waals surface area contributed by atoms with E-state index in [0.29, 0.717) is 31.1 Å². The van der Waals surface area contributed by atoms with E-state index in [1.54, 1.807) is 6.07 Å². The highest BCUT2D eigenvalue weighted by atomic mass is 19.4. The molecule has 2 heterocycles. The van der Waals surface area contributed by atoms with Crippen LogP contribution in [0.1, 0.15) is 35.2 Å². The summed E-state index contributed by atoms with van der Waals surface area (Å²) >= 11 is 0. The lowest BCUT2D eigenvalue weighted by Gasteiger charge is -2.26. The number of morpholine rings is 1. The molecule has 40 heavy (non-hydrogen) atoms. The fourth-order valence-electron chi connectivity index (χ4n) is 5.14. The molecule has 0 saturated carbocycles. The first-order valence-corrected chi connectivity index (χ1v) is 13.0. The Hall–Kier alpha value is -3.90. The summed E-state index contributed by atoms with van der Waals surface area (Å²) in [5.41, 5.74) is 2.36. The van der Waals surface area contributed by atoms with Crippen LogP contribution in [0.25, 0.3) is 0 Å². The monoisotopic (exact) mass is 556 g/mol. The van der Waals surface area contributed by atoms with Gasteiger partial charge in [0.1, 0.15) is 17.1 Å². The molecule has 1 saturated heterocycles. The van der Waals surface area contributed by atoms with Crippen LogP contribution in [-0.2, 0) is 28.7 Å². The first kappa shape index (κ1) is 27.7. The molecule has 2 aliphatic rings. The fraction of sp³-hybridized carbons (Fsp3) is 0.393. The number of alkyl halides is 3. The van der Waals surface area contributed by atoms with Crippen molar-refractivity contribution in [2.45, 2.75) is 38.1 Å². The maximum atomic E-state index is 14.0. The van der Waals surface area contributed by atoms with Gasteiger partial charge in [-0.2, -0.15) is 18.2 Å². The molecule has 9 nitrogen and oxygen atoms in total. The van der Waals surface area contributed by atoms with Crippen molar-refractivity contribution in [3.8, 4) is 5.75 Å². The normalized spacial score (nSPS) is 19.1. The molecule has 1 amide bonds. The van der Waals surface area contributed by atoms with E-state index in [0.717, 1.165) is 42.5 Å². The number of nitrogens with zero attached hydrogens (tertiary/aromatic N) is 3. The van der Waals surface area contributed by atoms with Crippen LogP contribution < -0.4 is 20.7 Å². The molecule has 0 spiro atoms. The largest absolute Gasteiger partial charge is 0.495 e. The first-order chi connectivity index (χ1) is 19.2. The van der Waals surface area contributed by atoms with Gasteiger partial charge in [-0.15, -0.1) is 0 Å². The number of ether oxygens (including phenoxy) is 2. The van der Waals surface area contributed by atoms with Crippen LogP contribution in [0.2, 0.25) is 0 Å². The maximum Gasteiger partial charge on any atom is 0.421 e. The number of rotatable bonds is 8. The molecular weight excluding hydrogens is 525 g/mol. The lowest BCUT2D eigenvalue weighted by Crippen LogP contribution is -2.37. The van der Waals surface area contributed by atoms with Crippen molar-refractivity contribution in [1.29, 1.82) is 0 Å². The van der Waals surface area contributed by atoms with Crippen LogP contribution in [0, 0.1) is 0 Å². The quantitative estimate of drug-likeness (QED) is 0.378. The Morgan fingerprint density at radius 2 is 1.95 bits per heavy atom. The summed E-state index contributed by atoms with van der Waals surface area (Å²) in [6.07, 6.45) is -3.51. The van der Waals surface area contributed by atoms with E-state index in [-0.39, 0.29) is 17.7 Å². The van der Waals surface area contributed by atoms with Gasteiger partial charge in [0.25, 0.3) is 0 Å². The Morgan fingerprint density at radius 1 is 1.18 bits per heavy atom. The minimum Gasteiger partial charge on any atom is -0.495 e. The molecule has 2 aromatic carbocycles. The third-order valence-corrected chi connectivity index (χ3v) is 7.03. The Morgan fingerprint density at radius 3 is 2.67 bits per heavy atom. The molecule has 1 fully saturated rings. The number of hydrogen-bond donors (Lipinski definition) is 3. The van der Waals surface area contributed by atoms with Gasteiger partial charge in [0.2, 0.25) is 11.9 Å². The first-order valence-electron chi connectivity index (χ1n) is 13.0. The molecule has 212 valence electrons. The number of amides is 1. The van der Waals surface area contributed by atoms with E-state index in [1.807, 2.05) is 36.4 Å². The van der Waals surface area contributed by atoms with Crippen molar-refractivity contribution in [3.63, 3.8) is 0 Å². The topological polar surface area (TPSA) is 101 Å². The fourth-order valence-corrected chi connectivity index (χ4v) is 5.14. The van der Waals surface area contributed by atoms with Gasteiger partial charge in [0, 0.05) is 32.8 Å². The summed E-state index contributed by atoms with van der Waals surface area (Å²) in [7, 11) is 1.53. The van der Waals surface area contributed by atoms with Gasteiger partial charge < -0.3 is 25.4 Å². The van der Waals surface area contributed by atoms with Crippen molar-refractivity contribution in [1.82, 2.24) is 20.2 Å². The van der Waals surface area contributed by atoms with Crippen LogP contribution in [0.3, 0.4) is 0 Å². The zero-order chi connectivity index (χ0) is 28.3. The number of aromatic nitrogens is 2. The van der Waals surface area contributed by atoms with Crippen molar-refractivity contribution in [2.24, 2.45) is 0 Å². The molecule has 2 atom stereocenters. The lowest BCUT2D eigenvalue weighted by molar-refractivity contribution is -0.137. The molecule has 5 rings (SSSR count). The van der Waals surface area contributed by atoms with E-state index >= 15 is 0 Å². The average Bonchev–Trinajstić information content (AvgIpc) is 3.25. The SMILES string of the molecule is COc1cc(CN2CCOCC2)ccc1Nc1ncc(C(F)(F)F)c(N[C@@H]2Cc3ccccc3[C@H]2NC(C)=O)n1. The van der Waals surface area contributed by atoms with Gasteiger partial charge in [-0.1, -0.05) is 30.3 Å². The molecule has 3 N–H and O–H groups in total. The highest BCUT2D eigenvalue weighted by molar-refractivity contribution is 5.74. The second-order valence-electron chi connectivity index (χ2n) is 9.83. The van der Waals surface area contributed by atoms with Crippen LogP contribution in [0.15, 0.2) is 48.7 Å². The van der Waals surface area contributed by atoms with E-state index in [2.05, 4.69) is 30.8 Å². The second-order valence-corrected chi connectivity index (χ2v) is 9.83. The zero-order valence-corrected chi connectivity index (χ0v) is 22.2. The second kappa shape index (κ2) is 11.7. The summed E-state index contributed by atoms with van der Waals surface area (Å²) < 4.78 is 52.9. The highest BCUT2D eigenvalue weighted by Gasteiger charge is 2.39. The van der Waals surface area contributed by atoms with Crippen LogP contribution in [-0.4, -0.2) is 60.2 Å². The number of methoxy groups -OCH3 is 1. The standard InChI is InChI=1S/C28H31F3N6O3/c1-17(38)33-25-20-6-4-3-5-19(20)14-23(25)34-26-21(28(29,30)31)15-32-27(36-26)35-22-8-7-18(13-24(22)39-2)16-37-9-11-40-12-10-37/h3-8,13,15,23,25H,9-12,14,16H2,1-2H3,(H,33,38)(H2,32,34,35,36)/t23-,25-/m1/s1. The number of fused-ring (bicyclic) bond motifs is 1. The number of carbonyl (C=O) groups excluding carboxylic acids is 1. The van der Waals surface area contributed by atoms with Crippen molar-refractivity contribution in [3.05, 3.63) is 70.9 Å². The molecule has 1 aromatic heterocycles. The molecule has 0 unspecified atom stereocenters. The average molecular weight is 557 g/mol. The summed E-state index contributed by atoms with van der Waals surface area (Å²) in [5, 5.41) is 8.82. The minimum atomic E-state index is -4.69. The Kier molecular flexibility index (Phi) is 8.08. The molecule has 3 aromatic rings. The number of carbonyl (C=O) groups is 1. The maximum absolute atomic E-state index is 14.0. The van der Waals surface area contributed by atoms with Gasteiger partial charge in [-0.25, -0.2) is 4.98 Å². The van der Waals surface area contributed by atoms with Gasteiger partial charge in [0.15, 0.2) is 0 Å².